The number of carbonyl (C=O) groups excluding carboxylic acids is 1. The molecule has 1 unspecified atom stereocenters. The van der Waals surface area contributed by atoms with Gasteiger partial charge in [0.1, 0.15) is 6.10 Å². The molecule has 0 aromatic heterocycles. The zero-order chi connectivity index (χ0) is 29.4. The van der Waals surface area contributed by atoms with E-state index in [1.54, 1.807) is 0 Å². The van der Waals surface area contributed by atoms with Gasteiger partial charge in [-0.3, -0.25) is 9.59 Å². The first-order valence-corrected chi connectivity index (χ1v) is 16.3. The Morgan fingerprint density at radius 2 is 1.02 bits per heavy atom. The van der Waals surface area contributed by atoms with Gasteiger partial charge in [-0.1, -0.05) is 126 Å². The molecule has 0 spiro atoms. The molecule has 0 fully saturated rings. The van der Waals surface area contributed by atoms with Gasteiger partial charge in [0.05, 0.1) is 0 Å². The minimum absolute atomic E-state index is 0.0532. The molecule has 0 amide bonds. The van der Waals surface area contributed by atoms with Crippen LogP contribution in [0.15, 0.2) is 60.8 Å². The summed E-state index contributed by atoms with van der Waals surface area (Å²) < 4.78 is 5.71. The molecule has 0 heterocycles. The minimum atomic E-state index is -0.683. The third-order valence-electron chi connectivity index (χ3n) is 6.83. The first-order chi connectivity index (χ1) is 19.6. The lowest BCUT2D eigenvalue weighted by molar-refractivity contribution is -0.149. The van der Waals surface area contributed by atoms with Crippen LogP contribution in [-0.2, 0) is 14.3 Å². The van der Waals surface area contributed by atoms with Gasteiger partial charge >= 0.3 is 11.9 Å². The van der Waals surface area contributed by atoms with Crippen LogP contribution in [0.2, 0.25) is 0 Å². The van der Waals surface area contributed by atoms with E-state index in [1.165, 1.54) is 38.5 Å². The molecule has 0 saturated heterocycles. The van der Waals surface area contributed by atoms with Crippen LogP contribution >= 0.6 is 0 Å². The van der Waals surface area contributed by atoms with Crippen molar-refractivity contribution in [1.82, 2.24) is 0 Å². The van der Waals surface area contributed by atoms with Crippen LogP contribution in [0.1, 0.15) is 149 Å². The molecule has 228 valence electrons. The van der Waals surface area contributed by atoms with Crippen LogP contribution in [0.4, 0.5) is 0 Å². The van der Waals surface area contributed by atoms with E-state index >= 15 is 0 Å². The van der Waals surface area contributed by atoms with Crippen molar-refractivity contribution in [2.24, 2.45) is 0 Å². The average Bonchev–Trinajstić information content (AvgIpc) is 2.94. The van der Waals surface area contributed by atoms with Crippen LogP contribution in [0, 0.1) is 0 Å². The molecule has 40 heavy (non-hydrogen) atoms. The van der Waals surface area contributed by atoms with E-state index in [-0.39, 0.29) is 12.1 Å². The number of unbranched alkanes of at least 4 members (excludes halogenated alkanes) is 10. The van der Waals surface area contributed by atoms with Crippen molar-refractivity contribution < 1.29 is 19.4 Å². The highest BCUT2D eigenvalue weighted by Gasteiger charge is 2.11. The molecule has 1 atom stereocenters. The molecule has 0 bridgehead atoms. The van der Waals surface area contributed by atoms with Crippen LogP contribution in [-0.4, -0.2) is 23.1 Å². The molecule has 4 nitrogen and oxygen atoms in total. The Kier molecular flexibility index (Phi) is 29.3. The minimum Gasteiger partial charge on any atom is -0.481 e. The number of rotatable bonds is 28. The van der Waals surface area contributed by atoms with E-state index in [0.29, 0.717) is 12.8 Å². The van der Waals surface area contributed by atoms with E-state index in [1.807, 2.05) is 0 Å². The summed E-state index contributed by atoms with van der Waals surface area (Å²) in [6.07, 6.45) is 43.1. The lowest BCUT2D eigenvalue weighted by Gasteiger charge is -2.16. The first-order valence-electron chi connectivity index (χ1n) is 16.3. The second-order valence-electron chi connectivity index (χ2n) is 10.6. The smallest absolute Gasteiger partial charge is 0.306 e. The van der Waals surface area contributed by atoms with Gasteiger partial charge in [0.2, 0.25) is 0 Å². The Balaban J connectivity index is 3.63. The van der Waals surface area contributed by atoms with Crippen LogP contribution in [0.5, 0.6) is 0 Å². The Labute approximate surface area is 246 Å². The second-order valence-corrected chi connectivity index (χ2v) is 10.6. The zero-order valence-electron chi connectivity index (χ0n) is 25.9. The van der Waals surface area contributed by atoms with Crippen LogP contribution in [0.3, 0.4) is 0 Å². The molecular weight excluding hydrogens is 496 g/mol. The highest BCUT2D eigenvalue weighted by atomic mass is 16.5. The van der Waals surface area contributed by atoms with Crippen molar-refractivity contribution in [3.63, 3.8) is 0 Å². The summed E-state index contributed by atoms with van der Waals surface area (Å²) >= 11 is 0. The summed E-state index contributed by atoms with van der Waals surface area (Å²) in [7, 11) is 0. The van der Waals surface area contributed by atoms with Gasteiger partial charge in [0.15, 0.2) is 0 Å². The average molecular weight is 557 g/mol. The van der Waals surface area contributed by atoms with Crippen molar-refractivity contribution in [1.29, 1.82) is 0 Å². The fourth-order valence-electron chi connectivity index (χ4n) is 4.39. The maximum atomic E-state index is 12.2. The van der Waals surface area contributed by atoms with E-state index in [9.17, 15) is 9.59 Å². The largest absolute Gasteiger partial charge is 0.481 e. The van der Waals surface area contributed by atoms with Crippen molar-refractivity contribution in [3.8, 4) is 0 Å². The molecule has 0 rings (SSSR count). The van der Waals surface area contributed by atoms with Gasteiger partial charge in [-0.05, 0) is 70.6 Å². The van der Waals surface area contributed by atoms with Gasteiger partial charge in [0.25, 0.3) is 0 Å². The molecule has 0 radical (unpaired) electrons. The summed E-state index contributed by atoms with van der Waals surface area (Å²) in [6, 6.07) is 0. The van der Waals surface area contributed by atoms with E-state index < -0.39 is 5.97 Å². The molecule has 1 N–H and O–H groups in total. The lowest BCUT2D eigenvalue weighted by atomic mass is 10.0. The van der Waals surface area contributed by atoms with Crippen LogP contribution < -0.4 is 0 Å². The molecule has 0 aliphatic rings. The Morgan fingerprint density at radius 1 is 0.575 bits per heavy atom. The maximum absolute atomic E-state index is 12.2. The van der Waals surface area contributed by atoms with Gasteiger partial charge in [-0.2, -0.15) is 0 Å². The maximum Gasteiger partial charge on any atom is 0.306 e. The number of allylic oxidation sites excluding steroid dienone is 10. The topological polar surface area (TPSA) is 63.6 Å². The van der Waals surface area contributed by atoms with Gasteiger partial charge < -0.3 is 9.84 Å². The molecule has 0 aromatic rings. The van der Waals surface area contributed by atoms with E-state index in [2.05, 4.69) is 74.6 Å². The zero-order valence-corrected chi connectivity index (χ0v) is 25.9. The Morgan fingerprint density at radius 3 is 1.50 bits per heavy atom. The standard InChI is InChI=1S/C36H60O4/c1-3-5-6-7-8-9-10-11-12-13-14-15-16-21-24-27-30-33-36(39)40-34(4-2)31-28-25-22-19-17-18-20-23-26-29-32-35(37)38/h5-6,8-9,11-12,14-15,21,24,34H,3-4,7,10,13,16-20,22-23,25-33H2,1-2H3,(H,37,38)/b6-5-,9-8-,12-11-,15-14-,24-21-. The van der Waals surface area contributed by atoms with Crippen molar-refractivity contribution >= 4 is 11.9 Å². The van der Waals surface area contributed by atoms with Gasteiger partial charge in [-0.25, -0.2) is 0 Å². The number of carbonyl (C=O) groups is 2. The van der Waals surface area contributed by atoms with Crippen molar-refractivity contribution in [2.45, 2.75) is 155 Å². The quantitative estimate of drug-likeness (QED) is 0.0591. The Bertz CT molecular complexity index is 729. The number of aliphatic carboxylic acids is 1. The fraction of sp³-hybridized carbons (Fsp3) is 0.667. The highest BCUT2D eigenvalue weighted by molar-refractivity contribution is 5.69. The Hall–Kier alpha value is -2.36. The molecule has 0 aliphatic carbocycles. The third-order valence-corrected chi connectivity index (χ3v) is 6.83. The molecule has 0 aliphatic heterocycles. The lowest BCUT2D eigenvalue weighted by Crippen LogP contribution is -2.17. The monoisotopic (exact) mass is 556 g/mol. The predicted molar refractivity (Wildman–Crippen MR) is 172 cm³/mol. The number of hydrogen-bond donors (Lipinski definition) is 1. The number of hydrogen-bond acceptors (Lipinski definition) is 3. The summed E-state index contributed by atoms with van der Waals surface area (Å²) in [5.74, 6) is -0.736. The molecular formula is C36H60O4. The van der Waals surface area contributed by atoms with E-state index in [4.69, 9.17) is 9.84 Å². The van der Waals surface area contributed by atoms with Crippen LogP contribution in [0.25, 0.3) is 0 Å². The SMILES string of the molecule is CC/C=C\C/C=C\C/C=C\C/C=C\C/C=C\CCCC(=O)OC(CC)CCCCCCCCCCCCC(=O)O. The van der Waals surface area contributed by atoms with Gasteiger partial charge in [-0.15, -0.1) is 0 Å². The second kappa shape index (κ2) is 31.2. The first kappa shape index (κ1) is 37.6. The number of esters is 1. The highest BCUT2D eigenvalue weighted by Crippen LogP contribution is 2.15. The molecule has 0 aromatic carbocycles. The normalized spacial score (nSPS) is 13.1. The molecule has 4 heteroatoms. The van der Waals surface area contributed by atoms with E-state index in [0.717, 1.165) is 83.5 Å². The summed E-state index contributed by atoms with van der Waals surface area (Å²) in [5.41, 5.74) is 0. The van der Waals surface area contributed by atoms with Gasteiger partial charge in [0, 0.05) is 12.8 Å². The number of ether oxygens (including phenoxy) is 1. The molecule has 0 saturated carbocycles. The summed E-state index contributed by atoms with van der Waals surface area (Å²) in [6.45, 7) is 4.26. The number of carboxylic acid groups (broad SMARTS) is 1. The third kappa shape index (κ3) is 30.2. The van der Waals surface area contributed by atoms with Crippen molar-refractivity contribution in [3.05, 3.63) is 60.8 Å². The fourth-order valence-corrected chi connectivity index (χ4v) is 4.39. The summed E-state index contributed by atoms with van der Waals surface area (Å²) in [4.78, 5) is 22.7. The predicted octanol–water partition coefficient (Wildman–Crippen LogP) is 11.0. The van der Waals surface area contributed by atoms with Crippen molar-refractivity contribution in [2.75, 3.05) is 0 Å². The summed E-state index contributed by atoms with van der Waals surface area (Å²) in [5, 5.41) is 8.64. The number of carboxylic acids is 1.